The third-order valence-corrected chi connectivity index (χ3v) is 2.61. The van der Waals surface area contributed by atoms with Gasteiger partial charge in [-0.05, 0) is 32.6 Å². The average molecular weight is 153 g/mol. The first-order chi connectivity index (χ1) is 5.11. The van der Waals surface area contributed by atoms with Gasteiger partial charge in [0.15, 0.2) is 0 Å². The largest absolute Gasteiger partial charge is 0.373 e. The van der Waals surface area contributed by atoms with Gasteiger partial charge in [-0.15, -0.1) is 0 Å². The van der Waals surface area contributed by atoms with Crippen molar-refractivity contribution in [3.05, 3.63) is 12.3 Å². The van der Waals surface area contributed by atoms with E-state index in [1.807, 2.05) is 0 Å². The summed E-state index contributed by atoms with van der Waals surface area (Å²) in [6.07, 6.45) is 2.71. The van der Waals surface area contributed by atoms with Crippen LogP contribution in [0.1, 0.15) is 33.6 Å². The predicted molar refractivity (Wildman–Crippen MR) is 49.4 cm³/mol. The number of likely N-dealkylation sites (tertiary alicyclic amines) is 1. The SMILES string of the molecule is C=C(C)N1C[C@@H](C)CC[C@H]1C. The highest BCUT2D eigenvalue weighted by molar-refractivity contribution is 4.94. The van der Waals surface area contributed by atoms with Crippen molar-refractivity contribution in [1.82, 2.24) is 4.90 Å². The van der Waals surface area contributed by atoms with E-state index in [1.165, 1.54) is 25.1 Å². The molecule has 0 aromatic heterocycles. The van der Waals surface area contributed by atoms with E-state index >= 15 is 0 Å². The van der Waals surface area contributed by atoms with E-state index in [1.54, 1.807) is 0 Å². The van der Waals surface area contributed by atoms with Crippen LogP contribution >= 0.6 is 0 Å². The molecule has 1 saturated heterocycles. The van der Waals surface area contributed by atoms with Crippen molar-refractivity contribution in [3.8, 4) is 0 Å². The lowest BCUT2D eigenvalue weighted by atomic mass is 9.95. The maximum atomic E-state index is 3.99. The zero-order valence-corrected chi connectivity index (χ0v) is 7.93. The summed E-state index contributed by atoms with van der Waals surface area (Å²) in [5.74, 6) is 0.850. The highest BCUT2D eigenvalue weighted by Gasteiger charge is 2.21. The Morgan fingerprint density at radius 3 is 2.45 bits per heavy atom. The fraction of sp³-hybridized carbons (Fsp3) is 0.800. The number of nitrogens with zero attached hydrogens (tertiary/aromatic N) is 1. The van der Waals surface area contributed by atoms with E-state index in [0.29, 0.717) is 6.04 Å². The second-order valence-corrected chi connectivity index (χ2v) is 3.92. The molecule has 0 saturated carbocycles. The van der Waals surface area contributed by atoms with Gasteiger partial charge < -0.3 is 4.90 Å². The summed E-state index contributed by atoms with van der Waals surface area (Å²) in [5, 5.41) is 0. The van der Waals surface area contributed by atoms with Crippen LogP contribution in [0.5, 0.6) is 0 Å². The van der Waals surface area contributed by atoms with Crippen LogP contribution in [0.15, 0.2) is 12.3 Å². The number of rotatable bonds is 1. The molecule has 0 bridgehead atoms. The van der Waals surface area contributed by atoms with Crippen LogP contribution in [-0.4, -0.2) is 17.5 Å². The third kappa shape index (κ3) is 1.98. The molecule has 0 amide bonds. The number of hydrogen-bond donors (Lipinski definition) is 0. The molecule has 1 nitrogen and oxygen atoms in total. The van der Waals surface area contributed by atoms with Crippen LogP contribution in [0, 0.1) is 5.92 Å². The molecule has 1 rings (SSSR count). The summed E-state index contributed by atoms with van der Waals surface area (Å²) in [6, 6.07) is 0.712. The molecule has 0 radical (unpaired) electrons. The Morgan fingerprint density at radius 1 is 1.36 bits per heavy atom. The Kier molecular flexibility index (Phi) is 2.58. The maximum Gasteiger partial charge on any atom is 0.0258 e. The monoisotopic (exact) mass is 153 g/mol. The molecule has 0 spiro atoms. The minimum Gasteiger partial charge on any atom is -0.373 e. The normalized spacial score (nSPS) is 32.1. The molecule has 1 aliphatic heterocycles. The molecule has 1 heteroatoms. The molecule has 11 heavy (non-hydrogen) atoms. The summed E-state index contributed by atoms with van der Waals surface area (Å²) in [7, 11) is 0. The van der Waals surface area contributed by atoms with Gasteiger partial charge in [0.2, 0.25) is 0 Å². The number of piperidine rings is 1. The molecular weight excluding hydrogens is 134 g/mol. The van der Waals surface area contributed by atoms with E-state index in [0.717, 1.165) is 5.92 Å². The molecule has 0 aliphatic carbocycles. The van der Waals surface area contributed by atoms with Gasteiger partial charge in [0.05, 0.1) is 0 Å². The molecule has 0 aromatic carbocycles. The van der Waals surface area contributed by atoms with Gasteiger partial charge in [-0.2, -0.15) is 0 Å². The van der Waals surface area contributed by atoms with Crippen molar-refractivity contribution in [3.63, 3.8) is 0 Å². The fourth-order valence-electron chi connectivity index (χ4n) is 1.82. The standard InChI is InChI=1S/C10H19N/c1-8(2)11-7-9(3)5-6-10(11)4/h9-10H,1,5-7H2,2-4H3/t9-,10+/m0/s1. The Labute approximate surface area is 70.1 Å². The molecule has 0 unspecified atom stereocenters. The van der Waals surface area contributed by atoms with Crippen LogP contribution in [-0.2, 0) is 0 Å². The number of hydrogen-bond acceptors (Lipinski definition) is 1. The van der Waals surface area contributed by atoms with Crippen LogP contribution < -0.4 is 0 Å². The summed E-state index contributed by atoms with van der Waals surface area (Å²) in [5.41, 5.74) is 1.23. The van der Waals surface area contributed by atoms with Gasteiger partial charge >= 0.3 is 0 Å². The summed E-state index contributed by atoms with van der Waals surface area (Å²) < 4.78 is 0. The minimum absolute atomic E-state index is 0.712. The maximum absolute atomic E-state index is 3.99. The predicted octanol–water partition coefficient (Wildman–Crippen LogP) is 2.64. The highest BCUT2D eigenvalue weighted by Crippen LogP contribution is 2.23. The molecule has 0 N–H and O–H groups in total. The minimum atomic E-state index is 0.712. The summed E-state index contributed by atoms with van der Waals surface area (Å²) >= 11 is 0. The zero-order chi connectivity index (χ0) is 8.43. The average Bonchev–Trinajstić information content (AvgIpc) is 1.94. The lowest BCUT2D eigenvalue weighted by molar-refractivity contribution is 0.167. The molecule has 1 heterocycles. The van der Waals surface area contributed by atoms with Crippen molar-refractivity contribution in [2.24, 2.45) is 5.92 Å². The van der Waals surface area contributed by atoms with Crippen LogP contribution in [0.2, 0.25) is 0 Å². The van der Waals surface area contributed by atoms with E-state index in [2.05, 4.69) is 32.3 Å². The van der Waals surface area contributed by atoms with Crippen LogP contribution in [0.25, 0.3) is 0 Å². The van der Waals surface area contributed by atoms with Gasteiger partial charge in [0.1, 0.15) is 0 Å². The first kappa shape index (κ1) is 8.63. The van der Waals surface area contributed by atoms with E-state index in [-0.39, 0.29) is 0 Å². The fourth-order valence-corrected chi connectivity index (χ4v) is 1.82. The van der Waals surface area contributed by atoms with Gasteiger partial charge in [-0.3, -0.25) is 0 Å². The Morgan fingerprint density at radius 2 is 2.00 bits per heavy atom. The Balaban J connectivity index is 2.54. The smallest absolute Gasteiger partial charge is 0.0258 e. The lowest BCUT2D eigenvalue weighted by Crippen LogP contribution is -2.39. The highest BCUT2D eigenvalue weighted by atomic mass is 15.2. The van der Waals surface area contributed by atoms with Gasteiger partial charge in [0, 0.05) is 18.3 Å². The first-order valence-corrected chi connectivity index (χ1v) is 4.53. The Hall–Kier alpha value is -0.460. The molecule has 0 aromatic rings. The quantitative estimate of drug-likeness (QED) is 0.560. The Bertz CT molecular complexity index is 151. The zero-order valence-electron chi connectivity index (χ0n) is 7.93. The first-order valence-electron chi connectivity index (χ1n) is 4.53. The van der Waals surface area contributed by atoms with Crippen molar-refractivity contribution >= 4 is 0 Å². The molecule has 1 aliphatic rings. The van der Waals surface area contributed by atoms with Crippen molar-refractivity contribution < 1.29 is 0 Å². The van der Waals surface area contributed by atoms with Gasteiger partial charge in [-0.25, -0.2) is 0 Å². The molecular formula is C10H19N. The van der Waals surface area contributed by atoms with Crippen molar-refractivity contribution in [2.45, 2.75) is 39.7 Å². The molecule has 2 atom stereocenters. The lowest BCUT2D eigenvalue weighted by Gasteiger charge is -2.38. The van der Waals surface area contributed by atoms with Crippen molar-refractivity contribution in [2.75, 3.05) is 6.54 Å². The summed E-state index contributed by atoms with van der Waals surface area (Å²) in [4.78, 5) is 2.42. The molecule has 64 valence electrons. The number of allylic oxidation sites excluding steroid dienone is 1. The third-order valence-electron chi connectivity index (χ3n) is 2.61. The van der Waals surface area contributed by atoms with Gasteiger partial charge in [-0.1, -0.05) is 13.5 Å². The van der Waals surface area contributed by atoms with E-state index in [4.69, 9.17) is 0 Å². The summed E-state index contributed by atoms with van der Waals surface area (Å²) in [6.45, 7) is 11.9. The topological polar surface area (TPSA) is 3.24 Å². The van der Waals surface area contributed by atoms with Crippen LogP contribution in [0.3, 0.4) is 0 Å². The van der Waals surface area contributed by atoms with Crippen molar-refractivity contribution in [1.29, 1.82) is 0 Å². The van der Waals surface area contributed by atoms with Gasteiger partial charge in [0.25, 0.3) is 0 Å². The second-order valence-electron chi connectivity index (χ2n) is 3.92. The van der Waals surface area contributed by atoms with E-state index in [9.17, 15) is 0 Å². The van der Waals surface area contributed by atoms with E-state index < -0.39 is 0 Å². The second kappa shape index (κ2) is 3.29. The molecule has 1 fully saturated rings. The van der Waals surface area contributed by atoms with Crippen LogP contribution in [0.4, 0.5) is 0 Å².